The number of nitriles is 1. The molecule has 27 heavy (non-hydrogen) atoms. The van der Waals surface area contributed by atoms with Crippen molar-refractivity contribution in [3.05, 3.63) is 68.8 Å². The molecule has 2 aromatic rings. The monoisotopic (exact) mass is 494 g/mol. The Morgan fingerprint density at radius 1 is 1.41 bits per heavy atom. The molecule has 0 atom stereocenters. The molecule has 0 aliphatic rings. The number of halogens is 2. The Kier molecular flexibility index (Phi) is 7.70. The van der Waals surface area contributed by atoms with Crippen molar-refractivity contribution in [3.8, 4) is 17.6 Å². The molecule has 2 aromatic carbocycles. The highest BCUT2D eigenvalue weighted by Gasteiger charge is 2.14. The molecule has 0 radical (unpaired) electrons. The fourth-order valence-electron chi connectivity index (χ4n) is 2.17. The van der Waals surface area contributed by atoms with E-state index < -0.39 is 5.91 Å². The van der Waals surface area contributed by atoms with Gasteiger partial charge in [0.2, 0.25) is 0 Å². The van der Waals surface area contributed by atoms with Crippen molar-refractivity contribution in [3.63, 3.8) is 0 Å². The fourth-order valence-corrected chi connectivity index (χ4v) is 3.14. The Balaban J connectivity index is 2.33. The first-order chi connectivity index (χ1) is 13.0. The van der Waals surface area contributed by atoms with Crippen LogP contribution in [0.25, 0.3) is 6.08 Å². The summed E-state index contributed by atoms with van der Waals surface area (Å²) in [5.41, 5.74) is 1.01. The number of hydrogen-bond donors (Lipinski definition) is 1. The summed E-state index contributed by atoms with van der Waals surface area (Å²) in [6.45, 7) is 3.96. The number of ether oxygens (including phenoxy) is 2. The molecule has 0 aliphatic heterocycles. The molecule has 0 aromatic heterocycles. The molecule has 0 spiro atoms. The summed E-state index contributed by atoms with van der Waals surface area (Å²) in [5, 5.41) is 12.4. The first kappa shape index (κ1) is 20.8. The van der Waals surface area contributed by atoms with Crippen LogP contribution in [0.3, 0.4) is 0 Å². The molecule has 0 unspecified atom stereocenters. The first-order valence-electron chi connectivity index (χ1n) is 7.79. The Hall–Kier alpha value is -2.50. The van der Waals surface area contributed by atoms with Gasteiger partial charge in [-0.25, -0.2) is 0 Å². The normalized spacial score (nSPS) is 10.7. The van der Waals surface area contributed by atoms with E-state index in [4.69, 9.17) is 21.1 Å². The Morgan fingerprint density at radius 2 is 2.15 bits per heavy atom. The van der Waals surface area contributed by atoms with E-state index in [1.165, 1.54) is 13.2 Å². The zero-order valence-electron chi connectivity index (χ0n) is 14.5. The van der Waals surface area contributed by atoms with E-state index in [9.17, 15) is 10.1 Å². The van der Waals surface area contributed by atoms with Crippen molar-refractivity contribution in [2.75, 3.05) is 19.0 Å². The van der Waals surface area contributed by atoms with Gasteiger partial charge in [-0.05, 0) is 58.5 Å². The van der Waals surface area contributed by atoms with Gasteiger partial charge in [0.05, 0.1) is 21.4 Å². The summed E-state index contributed by atoms with van der Waals surface area (Å²) in [5.74, 6) is 0.527. The van der Waals surface area contributed by atoms with E-state index in [1.54, 1.807) is 42.5 Å². The van der Waals surface area contributed by atoms with E-state index in [2.05, 4.69) is 34.5 Å². The van der Waals surface area contributed by atoms with Crippen LogP contribution in [0.2, 0.25) is 5.02 Å². The maximum Gasteiger partial charge on any atom is 0.266 e. The van der Waals surface area contributed by atoms with Crippen LogP contribution >= 0.6 is 34.2 Å². The molecule has 7 heteroatoms. The number of carbonyl (C=O) groups is 1. The van der Waals surface area contributed by atoms with E-state index >= 15 is 0 Å². The van der Waals surface area contributed by atoms with Crippen molar-refractivity contribution < 1.29 is 14.3 Å². The van der Waals surface area contributed by atoms with Crippen molar-refractivity contribution in [2.24, 2.45) is 0 Å². The van der Waals surface area contributed by atoms with Gasteiger partial charge in [0.15, 0.2) is 11.5 Å². The summed E-state index contributed by atoms with van der Waals surface area (Å²) < 4.78 is 11.7. The number of amides is 1. The molecule has 0 saturated carbocycles. The molecule has 5 nitrogen and oxygen atoms in total. The van der Waals surface area contributed by atoms with Crippen molar-refractivity contribution in [1.29, 1.82) is 5.26 Å². The Labute approximate surface area is 176 Å². The summed E-state index contributed by atoms with van der Waals surface area (Å²) in [6, 6.07) is 12.2. The molecule has 0 aliphatic carbocycles. The van der Waals surface area contributed by atoms with Crippen LogP contribution < -0.4 is 14.8 Å². The Morgan fingerprint density at radius 3 is 2.78 bits per heavy atom. The third-order valence-electron chi connectivity index (χ3n) is 3.40. The minimum atomic E-state index is -0.549. The average molecular weight is 495 g/mol. The smallest absolute Gasteiger partial charge is 0.266 e. The summed E-state index contributed by atoms with van der Waals surface area (Å²) in [7, 11) is 1.52. The van der Waals surface area contributed by atoms with E-state index in [1.807, 2.05) is 6.07 Å². The predicted octanol–water partition coefficient (Wildman–Crippen LogP) is 5.06. The molecule has 0 bridgehead atoms. The highest BCUT2D eigenvalue weighted by molar-refractivity contribution is 14.1. The molecule has 0 heterocycles. The van der Waals surface area contributed by atoms with Gasteiger partial charge in [0, 0.05) is 0 Å². The van der Waals surface area contributed by atoms with Crippen LogP contribution in [-0.2, 0) is 4.79 Å². The third kappa shape index (κ3) is 5.49. The molecular formula is C20H16ClIN2O3. The second-order valence-electron chi connectivity index (χ2n) is 5.24. The summed E-state index contributed by atoms with van der Waals surface area (Å²) in [6.07, 6.45) is 3.12. The second kappa shape index (κ2) is 10.00. The quantitative estimate of drug-likeness (QED) is 0.253. The molecule has 0 saturated heterocycles. The molecular weight excluding hydrogens is 479 g/mol. The lowest BCUT2D eigenvalue weighted by atomic mass is 10.1. The largest absolute Gasteiger partial charge is 0.493 e. The molecule has 138 valence electrons. The number of hydrogen-bond acceptors (Lipinski definition) is 4. The lowest BCUT2D eigenvalue weighted by molar-refractivity contribution is -0.112. The maximum absolute atomic E-state index is 12.4. The van der Waals surface area contributed by atoms with E-state index in [0.29, 0.717) is 34.4 Å². The number of rotatable bonds is 7. The van der Waals surface area contributed by atoms with Crippen LogP contribution in [0.1, 0.15) is 5.56 Å². The Bertz CT molecular complexity index is 935. The highest BCUT2D eigenvalue weighted by Crippen LogP contribution is 2.34. The zero-order chi connectivity index (χ0) is 19.8. The topological polar surface area (TPSA) is 71.3 Å². The lowest BCUT2D eigenvalue weighted by Crippen LogP contribution is -2.13. The minimum Gasteiger partial charge on any atom is -0.493 e. The zero-order valence-corrected chi connectivity index (χ0v) is 17.4. The number of para-hydroxylation sites is 1. The van der Waals surface area contributed by atoms with Gasteiger partial charge in [0.1, 0.15) is 18.2 Å². The highest BCUT2D eigenvalue weighted by atomic mass is 127. The molecule has 1 N–H and O–H groups in total. The van der Waals surface area contributed by atoms with Crippen LogP contribution in [0.4, 0.5) is 5.69 Å². The van der Waals surface area contributed by atoms with E-state index in [0.717, 1.165) is 3.57 Å². The molecule has 1 amide bonds. The van der Waals surface area contributed by atoms with Crippen molar-refractivity contribution in [2.45, 2.75) is 0 Å². The fraction of sp³-hybridized carbons (Fsp3) is 0.100. The van der Waals surface area contributed by atoms with Gasteiger partial charge < -0.3 is 14.8 Å². The summed E-state index contributed by atoms with van der Waals surface area (Å²) in [4.78, 5) is 12.4. The van der Waals surface area contributed by atoms with Gasteiger partial charge in [-0.3, -0.25) is 4.79 Å². The lowest BCUT2D eigenvalue weighted by Gasteiger charge is -2.12. The second-order valence-corrected chi connectivity index (χ2v) is 6.81. The SMILES string of the molecule is C=CCOc1c(I)cc(/C=C(\C#N)C(=O)Nc2ccccc2Cl)cc1OC. The minimum absolute atomic E-state index is 0.0625. The standard InChI is InChI=1S/C20H16ClIN2O3/c1-3-8-27-19-16(22)10-13(11-18(19)26-2)9-14(12-23)20(25)24-17-7-5-4-6-15(17)21/h3-7,9-11H,1,8H2,2H3,(H,24,25)/b14-9+. The van der Waals surface area contributed by atoms with Crippen LogP contribution in [0.5, 0.6) is 11.5 Å². The molecule has 2 rings (SSSR count). The van der Waals surface area contributed by atoms with Crippen LogP contribution in [0, 0.1) is 14.9 Å². The third-order valence-corrected chi connectivity index (χ3v) is 4.53. The van der Waals surface area contributed by atoms with Crippen LogP contribution in [-0.4, -0.2) is 19.6 Å². The van der Waals surface area contributed by atoms with Gasteiger partial charge in [0.25, 0.3) is 5.91 Å². The van der Waals surface area contributed by atoms with E-state index in [-0.39, 0.29) is 5.57 Å². The number of carbonyl (C=O) groups excluding carboxylic acids is 1. The summed E-state index contributed by atoms with van der Waals surface area (Å²) >= 11 is 8.14. The van der Waals surface area contributed by atoms with Gasteiger partial charge in [-0.2, -0.15) is 5.26 Å². The van der Waals surface area contributed by atoms with Crippen molar-refractivity contribution in [1.82, 2.24) is 0 Å². The number of benzene rings is 2. The van der Waals surface area contributed by atoms with Gasteiger partial charge in [-0.1, -0.05) is 36.4 Å². The number of anilines is 1. The number of methoxy groups -OCH3 is 1. The first-order valence-corrected chi connectivity index (χ1v) is 9.24. The molecule has 0 fully saturated rings. The average Bonchev–Trinajstić information content (AvgIpc) is 2.66. The number of nitrogens with zero attached hydrogens (tertiary/aromatic N) is 1. The number of nitrogens with one attached hydrogen (secondary N) is 1. The van der Waals surface area contributed by atoms with Gasteiger partial charge in [-0.15, -0.1) is 0 Å². The van der Waals surface area contributed by atoms with Crippen molar-refractivity contribution >= 4 is 51.9 Å². The van der Waals surface area contributed by atoms with Gasteiger partial charge >= 0.3 is 0 Å². The predicted molar refractivity (Wildman–Crippen MR) is 115 cm³/mol. The van der Waals surface area contributed by atoms with Crippen LogP contribution in [0.15, 0.2) is 54.6 Å². The maximum atomic E-state index is 12.4.